The van der Waals surface area contributed by atoms with E-state index < -0.39 is 11.7 Å². The molecule has 0 spiro atoms. The third kappa shape index (κ3) is 3.33. The van der Waals surface area contributed by atoms with Crippen molar-refractivity contribution in [2.24, 2.45) is 0 Å². The van der Waals surface area contributed by atoms with Gasteiger partial charge in [0.25, 0.3) is 5.56 Å². The molecule has 0 radical (unpaired) electrons. The molecular formula is C18H18F3N3O. The number of fused-ring (bicyclic) bond motifs is 1. The highest BCUT2D eigenvalue weighted by molar-refractivity contribution is 5.30. The molecule has 1 N–H and O–H groups in total. The molecule has 1 saturated carbocycles. The highest BCUT2D eigenvalue weighted by Crippen LogP contribution is 2.38. The molecule has 0 bridgehead atoms. The maximum Gasteiger partial charge on any atom is 0.416 e. The Kier molecular flexibility index (Phi) is 3.91. The van der Waals surface area contributed by atoms with Crippen LogP contribution in [0, 0.1) is 0 Å². The highest BCUT2D eigenvalue weighted by Gasteiger charge is 2.34. The zero-order valence-electron chi connectivity index (χ0n) is 13.6. The summed E-state index contributed by atoms with van der Waals surface area (Å²) in [5.74, 6) is 1.13. The Morgan fingerprint density at radius 3 is 2.72 bits per heavy atom. The molecule has 7 heteroatoms. The quantitative estimate of drug-likeness (QED) is 0.926. The van der Waals surface area contributed by atoms with Gasteiger partial charge in [-0.25, -0.2) is 4.98 Å². The summed E-state index contributed by atoms with van der Waals surface area (Å²) >= 11 is 0. The van der Waals surface area contributed by atoms with E-state index in [2.05, 4.69) is 9.97 Å². The van der Waals surface area contributed by atoms with Crippen LogP contribution >= 0.6 is 0 Å². The molecule has 0 saturated heterocycles. The summed E-state index contributed by atoms with van der Waals surface area (Å²) in [6, 6.07) is 5.60. The summed E-state index contributed by atoms with van der Waals surface area (Å²) in [5.41, 5.74) is 0.848. The second-order valence-corrected chi connectivity index (χ2v) is 6.77. The normalized spacial score (nSPS) is 18.2. The van der Waals surface area contributed by atoms with Crippen LogP contribution in [-0.2, 0) is 25.7 Å². The number of halogens is 3. The van der Waals surface area contributed by atoms with Crippen molar-refractivity contribution in [1.82, 2.24) is 14.9 Å². The van der Waals surface area contributed by atoms with Crippen molar-refractivity contribution in [3.05, 3.63) is 62.8 Å². The Balaban J connectivity index is 1.57. The number of nitrogens with one attached hydrogen (secondary N) is 1. The lowest BCUT2D eigenvalue weighted by atomic mass is 10.0. The Morgan fingerprint density at radius 2 is 2.00 bits per heavy atom. The van der Waals surface area contributed by atoms with Crippen molar-refractivity contribution in [3.63, 3.8) is 0 Å². The van der Waals surface area contributed by atoms with E-state index in [4.69, 9.17) is 0 Å². The predicted octanol–water partition coefficient (Wildman–Crippen LogP) is 3.22. The molecule has 0 atom stereocenters. The Hall–Kier alpha value is -2.15. The smallest absolute Gasteiger partial charge is 0.310 e. The van der Waals surface area contributed by atoms with E-state index in [0.29, 0.717) is 31.0 Å². The lowest BCUT2D eigenvalue weighted by Gasteiger charge is -2.28. The lowest BCUT2D eigenvalue weighted by molar-refractivity contribution is -0.138. The molecule has 4 nitrogen and oxygen atoms in total. The van der Waals surface area contributed by atoms with Gasteiger partial charge in [0.2, 0.25) is 0 Å². The van der Waals surface area contributed by atoms with Crippen LogP contribution in [0.15, 0.2) is 29.1 Å². The van der Waals surface area contributed by atoms with Crippen LogP contribution < -0.4 is 5.56 Å². The number of benzene rings is 1. The van der Waals surface area contributed by atoms with E-state index in [-0.39, 0.29) is 17.7 Å². The molecule has 2 aromatic rings. The van der Waals surface area contributed by atoms with Gasteiger partial charge in [-0.2, -0.15) is 13.2 Å². The first-order valence-electron chi connectivity index (χ1n) is 8.41. The van der Waals surface area contributed by atoms with Crippen molar-refractivity contribution in [1.29, 1.82) is 0 Å². The molecule has 0 amide bonds. The number of nitrogens with zero attached hydrogens (tertiary/aromatic N) is 2. The van der Waals surface area contributed by atoms with E-state index >= 15 is 0 Å². The van der Waals surface area contributed by atoms with Crippen molar-refractivity contribution in [2.75, 3.05) is 6.54 Å². The van der Waals surface area contributed by atoms with Crippen LogP contribution in [0.1, 0.15) is 47.0 Å². The Bertz CT molecular complexity index is 855. The zero-order chi connectivity index (χ0) is 17.6. The largest absolute Gasteiger partial charge is 0.416 e. The molecule has 25 heavy (non-hydrogen) atoms. The van der Waals surface area contributed by atoms with Gasteiger partial charge in [0.05, 0.1) is 16.8 Å². The second kappa shape index (κ2) is 5.98. The van der Waals surface area contributed by atoms with Crippen LogP contribution in [0.2, 0.25) is 0 Å². The molecule has 1 aromatic carbocycles. The number of hydrogen-bond donors (Lipinski definition) is 1. The number of alkyl halides is 3. The summed E-state index contributed by atoms with van der Waals surface area (Å²) < 4.78 is 39.4. The third-order valence-electron chi connectivity index (χ3n) is 4.85. The van der Waals surface area contributed by atoms with Gasteiger partial charge in [0.1, 0.15) is 5.82 Å². The van der Waals surface area contributed by atoms with E-state index in [1.165, 1.54) is 12.1 Å². The third-order valence-corrected chi connectivity index (χ3v) is 4.85. The van der Waals surface area contributed by atoms with Gasteiger partial charge in [-0.15, -0.1) is 0 Å². The van der Waals surface area contributed by atoms with Crippen molar-refractivity contribution in [3.8, 4) is 0 Å². The van der Waals surface area contributed by atoms with Crippen molar-refractivity contribution < 1.29 is 13.2 Å². The molecular weight excluding hydrogens is 331 g/mol. The first-order chi connectivity index (χ1) is 11.9. The molecule has 1 aromatic heterocycles. The molecule has 132 valence electrons. The van der Waals surface area contributed by atoms with Crippen LogP contribution in [-0.4, -0.2) is 21.4 Å². The number of rotatable bonds is 3. The average molecular weight is 349 g/mol. The minimum atomic E-state index is -4.37. The van der Waals surface area contributed by atoms with Gasteiger partial charge < -0.3 is 4.98 Å². The Morgan fingerprint density at radius 1 is 1.24 bits per heavy atom. The number of aromatic nitrogens is 2. The molecule has 0 unspecified atom stereocenters. The predicted molar refractivity (Wildman–Crippen MR) is 86.1 cm³/mol. The van der Waals surface area contributed by atoms with E-state index in [1.807, 2.05) is 4.90 Å². The Labute approximate surface area is 142 Å². The fraction of sp³-hybridized carbons (Fsp3) is 0.444. The van der Waals surface area contributed by atoms with Gasteiger partial charge in [0, 0.05) is 32.0 Å². The topological polar surface area (TPSA) is 49.0 Å². The SMILES string of the molecule is O=c1[nH]c(C2CC2)nc2c1CN(Cc1ccccc1C(F)(F)F)CC2. The van der Waals surface area contributed by atoms with Gasteiger partial charge in [-0.1, -0.05) is 18.2 Å². The monoisotopic (exact) mass is 349 g/mol. The van der Waals surface area contributed by atoms with Gasteiger partial charge in [-0.3, -0.25) is 9.69 Å². The summed E-state index contributed by atoms with van der Waals surface area (Å²) in [7, 11) is 0. The van der Waals surface area contributed by atoms with Crippen LogP contribution in [0.3, 0.4) is 0 Å². The molecule has 2 aliphatic rings. The van der Waals surface area contributed by atoms with Crippen molar-refractivity contribution in [2.45, 2.75) is 44.4 Å². The van der Waals surface area contributed by atoms with Crippen LogP contribution in [0.4, 0.5) is 13.2 Å². The van der Waals surface area contributed by atoms with Crippen molar-refractivity contribution >= 4 is 0 Å². The minimum absolute atomic E-state index is 0.152. The lowest BCUT2D eigenvalue weighted by Crippen LogP contribution is -2.36. The average Bonchev–Trinajstić information content (AvgIpc) is 3.40. The fourth-order valence-corrected chi connectivity index (χ4v) is 3.36. The van der Waals surface area contributed by atoms with Gasteiger partial charge >= 0.3 is 6.18 Å². The molecule has 1 aliphatic heterocycles. The first kappa shape index (κ1) is 16.3. The van der Waals surface area contributed by atoms with E-state index in [9.17, 15) is 18.0 Å². The molecule has 2 heterocycles. The summed E-state index contributed by atoms with van der Waals surface area (Å²) in [6.07, 6.45) is -1.67. The first-order valence-corrected chi connectivity index (χ1v) is 8.41. The molecule has 1 aliphatic carbocycles. The highest BCUT2D eigenvalue weighted by atomic mass is 19.4. The van der Waals surface area contributed by atoms with Gasteiger partial charge in [0.15, 0.2) is 0 Å². The summed E-state index contributed by atoms with van der Waals surface area (Å²) in [6.45, 7) is 1.09. The summed E-state index contributed by atoms with van der Waals surface area (Å²) in [5, 5.41) is 0. The zero-order valence-corrected chi connectivity index (χ0v) is 13.6. The molecule has 1 fully saturated rings. The maximum absolute atomic E-state index is 13.1. The second-order valence-electron chi connectivity index (χ2n) is 6.77. The van der Waals surface area contributed by atoms with E-state index in [0.717, 1.165) is 30.4 Å². The van der Waals surface area contributed by atoms with Crippen LogP contribution in [0.5, 0.6) is 0 Å². The van der Waals surface area contributed by atoms with E-state index in [1.54, 1.807) is 6.07 Å². The van der Waals surface area contributed by atoms with Gasteiger partial charge in [-0.05, 0) is 24.5 Å². The summed E-state index contributed by atoms with van der Waals surface area (Å²) in [4.78, 5) is 21.6. The number of hydrogen-bond acceptors (Lipinski definition) is 3. The number of H-pyrrole nitrogens is 1. The standard InChI is InChI=1S/C18H18F3N3O/c19-18(20,21)14-4-2-1-3-12(14)9-24-8-7-15-13(10-24)17(25)23-16(22-15)11-5-6-11/h1-4,11H,5-10H2,(H,22,23,25). The fourth-order valence-electron chi connectivity index (χ4n) is 3.36. The van der Waals surface area contributed by atoms with Crippen LogP contribution in [0.25, 0.3) is 0 Å². The minimum Gasteiger partial charge on any atom is -0.310 e. The maximum atomic E-state index is 13.1. The molecule has 4 rings (SSSR count). The number of aromatic amines is 1.